The molecule has 1 saturated carbocycles. The Kier molecular flexibility index (Phi) is 4.34. The van der Waals surface area contributed by atoms with E-state index in [0.29, 0.717) is 12.6 Å². The topological polar surface area (TPSA) is 50.2 Å². The van der Waals surface area contributed by atoms with Crippen LogP contribution in [0.25, 0.3) is 0 Å². The quantitative estimate of drug-likeness (QED) is 0.879. The highest BCUT2D eigenvalue weighted by Crippen LogP contribution is 2.43. The fraction of sp³-hybridized carbons (Fsp3) is 0.500. The van der Waals surface area contributed by atoms with Crippen molar-refractivity contribution in [2.75, 3.05) is 26.2 Å². The van der Waals surface area contributed by atoms with E-state index in [1.807, 2.05) is 10.9 Å². The molecule has 2 aliphatic rings. The van der Waals surface area contributed by atoms with E-state index in [-0.39, 0.29) is 11.3 Å². The molecule has 4 rings (SSSR count). The fourth-order valence-corrected chi connectivity index (χ4v) is 3.96. The summed E-state index contributed by atoms with van der Waals surface area (Å²) in [6.07, 6.45) is 7.55. The van der Waals surface area contributed by atoms with Crippen LogP contribution in [0, 0.1) is 6.92 Å². The second-order valence-electron chi connectivity index (χ2n) is 7.62. The van der Waals surface area contributed by atoms with Gasteiger partial charge in [0, 0.05) is 31.2 Å². The predicted molar refractivity (Wildman–Crippen MR) is 97.4 cm³/mol. The van der Waals surface area contributed by atoms with Crippen molar-refractivity contribution in [2.45, 2.75) is 37.6 Å². The van der Waals surface area contributed by atoms with Gasteiger partial charge in [0.25, 0.3) is 0 Å². The van der Waals surface area contributed by atoms with Crippen molar-refractivity contribution >= 4 is 5.91 Å². The summed E-state index contributed by atoms with van der Waals surface area (Å²) in [5.74, 6) is 0.136. The van der Waals surface area contributed by atoms with Crippen molar-refractivity contribution in [3.8, 4) is 0 Å². The Morgan fingerprint density at radius 3 is 2.64 bits per heavy atom. The Bertz CT molecular complexity index is 729. The maximum absolute atomic E-state index is 12.3. The van der Waals surface area contributed by atoms with Gasteiger partial charge in [-0.1, -0.05) is 36.8 Å². The molecule has 5 heteroatoms. The number of aryl methyl sites for hydroxylation is 1. The Hall–Kier alpha value is -2.14. The largest absolute Gasteiger partial charge is 0.354 e. The van der Waals surface area contributed by atoms with Gasteiger partial charge in [-0.25, -0.2) is 0 Å². The first-order valence-corrected chi connectivity index (χ1v) is 9.20. The van der Waals surface area contributed by atoms with Crippen LogP contribution in [0.5, 0.6) is 0 Å². The molecule has 5 nitrogen and oxygen atoms in total. The summed E-state index contributed by atoms with van der Waals surface area (Å²) >= 11 is 0. The number of benzene rings is 1. The lowest BCUT2D eigenvalue weighted by Crippen LogP contribution is -2.53. The van der Waals surface area contributed by atoms with Crippen molar-refractivity contribution < 1.29 is 4.79 Å². The van der Waals surface area contributed by atoms with Gasteiger partial charge in [0.2, 0.25) is 5.91 Å². The lowest BCUT2D eigenvalue weighted by molar-refractivity contribution is -0.124. The summed E-state index contributed by atoms with van der Waals surface area (Å²) in [7, 11) is 0. The lowest BCUT2D eigenvalue weighted by Gasteiger charge is -2.43. The van der Waals surface area contributed by atoms with Crippen LogP contribution in [0.15, 0.2) is 42.7 Å². The average molecular weight is 338 g/mol. The third kappa shape index (κ3) is 3.33. The van der Waals surface area contributed by atoms with Gasteiger partial charge in [0.15, 0.2) is 0 Å². The Morgan fingerprint density at radius 1 is 1.28 bits per heavy atom. The summed E-state index contributed by atoms with van der Waals surface area (Å²) in [4.78, 5) is 14.5. The Balaban J connectivity index is 1.25. The minimum Gasteiger partial charge on any atom is -0.354 e. The normalized spacial score (nSPS) is 19.9. The molecule has 1 aliphatic heterocycles. The number of carbonyl (C=O) groups excluding carboxylic acids is 1. The zero-order valence-electron chi connectivity index (χ0n) is 14.8. The first kappa shape index (κ1) is 16.3. The van der Waals surface area contributed by atoms with Crippen LogP contribution in [-0.4, -0.2) is 46.8 Å². The third-order valence-electron chi connectivity index (χ3n) is 5.73. The van der Waals surface area contributed by atoms with Gasteiger partial charge in [0.1, 0.15) is 0 Å². The highest BCUT2D eigenvalue weighted by molar-refractivity contribution is 5.78. The molecule has 1 aromatic heterocycles. The molecule has 0 bridgehead atoms. The van der Waals surface area contributed by atoms with Gasteiger partial charge in [0.05, 0.1) is 18.8 Å². The van der Waals surface area contributed by atoms with Crippen molar-refractivity contribution in [3.05, 3.63) is 53.9 Å². The van der Waals surface area contributed by atoms with Crippen molar-refractivity contribution in [2.24, 2.45) is 0 Å². The smallest absolute Gasteiger partial charge is 0.234 e. The number of likely N-dealkylation sites (tertiary alicyclic amines) is 1. The molecule has 0 atom stereocenters. The Morgan fingerprint density at radius 2 is 2.04 bits per heavy atom. The van der Waals surface area contributed by atoms with Crippen LogP contribution < -0.4 is 5.32 Å². The van der Waals surface area contributed by atoms with Crippen molar-refractivity contribution in [1.82, 2.24) is 20.0 Å². The van der Waals surface area contributed by atoms with Crippen molar-refractivity contribution in [1.29, 1.82) is 0 Å². The summed E-state index contributed by atoms with van der Waals surface area (Å²) in [5.41, 5.74) is 2.70. The first-order chi connectivity index (χ1) is 12.1. The number of hydrogen-bond acceptors (Lipinski definition) is 3. The molecule has 132 valence electrons. The number of carbonyl (C=O) groups is 1. The molecule has 2 aromatic rings. The molecule has 2 heterocycles. The molecule has 0 spiro atoms. The van der Waals surface area contributed by atoms with Crippen molar-refractivity contribution in [3.63, 3.8) is 0 Å². The summed E-state index contributed by atoms with van der Waals surface area (Å²) < 4.78 is 2.02. The van der Waals surface area contributed by atoms with Gasteiger partial charge in [-0.15, -0.1) is 0 Å². The van der Waals surface area contributed by atoms with E-state index in [9.17, 15) is 4.79 Å². The predicted octanol–water partition coefficient (Wildman–Crippen LogP) is 2.29. The first-order valence-electron chi connectivity index (χ1n) is 9.20. The number of nitrogens with one attached hydrogen (secondary N) is 1. The molecule has 2 fully saturated rings. The van der Waals surface area contributed by atoms with E-state index in [4.69, 9.17) is 0 Å². The number of amides is 1. The molecule has 1 saturated heterocycles. The number of aromatic nitrogens is 2. The van der Waals surface area contributed by atoms with E-state index >= 15 is 0 Å². The SMILES string of the molecule is Cc1cnn(C2CN(CC(=O)NCC3(c4ccccc4)CCC3)C2)c1. The minimum absolute atomic E-state index is 0.136. The van der Waals surface area contributed by atoms with Crippen LogP contribution in [-0.2, 0) is 10.2 Å². The highest BCUT2D eigenvalue weighted by atomic mass is 16.2. The summed E-state index contributed by atoms with van der Waals surface area (Å²) in [5, 5.41) is 7.54. The van der Waals surface area contributed by atoms with Crippen LogP contribution in [0.4, 0.5) is 0 Å². The van der Waals surface area contributed by atoms with E-state index in [1.54, 1.807) is 0 Å². The molecule has 1 N–H and O–H groups in total. The molecular formula is C20H26N4O. The highest BCUT2D eigenvalue weighted by Gasteiger charge is 2.39. The maximum atomic E-state index is 12.3. The molecule has 1 aliphatic carbocycles. The van der Waals surface area contributed by atoms with Crippen LogP contribution >= 0.6 is 0 Å². The average Bonchev–Trinajstić information content (AvgIpc) is 2.96. The third-order valence-corrected chi connectivity index (χ3v) is 5.73. The van der Waals surface area contributed by atoms with E-state index in [2.05, 4.69) is 58.8 Å². The molecule has 1 aromatic carbocycles. The zero-order valence-corrected chi connectivity index (χ0v) is 14.8. The van der Waals surface area contributed by atoms with Crippen LogP contribution in [0.2, 0.25) is 0 Å². The number of hydrogen-bond donors (Lipinski definition) is 1. The second-order valence-corrected chi connectivity index (χ2v) is 7.62. The molecule has 0 radical (unpaired) electrons. The molecule has 25 heavy (non-hydrogen) atoms. The van der Waals surface area contributed by atoms with Gasteiger partial charge < -0.3 is 5.32 Å². The van der Waals surface area contributed by atoms with E-state index in [1.165, 1.54) is 30.4 Å². The van der Waals surface area contributed by atoms with E-state index in [0.717, 1.165) is 19.6 Å². The molecule has 0 unspecified atom stereocenters. The zero-order chi connectivity index (χ0) is 17.3. The monoisotopic (exact) mass is 338 g/mol. The second kappa shape index (κ2) is 6.64. The molecular weight excluding hydrogens is 312 g/mol. The minimum atomic E-state index is 0.136. The maximum Gasteiger partial charge on any atom is 0.234 e. The van der Waals surface area contributed by atoms with Gasteiger partial charge >= 0.3 is 0 Å². The number of rotatable bonds is 6. The molecule has 1 amide bonds. The standard InChI is InChI=1S/C20H26N4O/c1-16-10-22-24(11-16)18-12-23(13-18)14-19(25)21-15-20(8-5-9-20)17-6-3-2-4-7-17/h2-4,6-7,10-11,18H,5,8-9,12-15H2,1H3,(H,21,25). The van der Waals surface area contributed by atoms with Crippen LogP contribution in [0.1, 0.15) is 36.4 Å². The lowest BCUT2D eigenvalue weighted by atomic mass is 9.64. The van der Waals surface area contributed by atoms with Crippen LogP contribution in [0.3, 0.4) is 0 Å². The number of nitrogens with zero attached hydrogens (tertiary/aromatic N) is 3. The summed E-state index contributed by atoms with van der Waals surface area (Å²) in [6.45, 7) is 5.10. The Labute approximate surface area is 149 Å². The summed E-state index contributed by atoms with van der Waals surface area (Å²) in [6, 6.07) is 11.0. The van der Waals surface area contributed by atoms with Gasteiger partial charge in [-0.05, 0) is 30.9 Å². The van der Waals surface area contributed by atoms with Gasteiger partial charge in [-0.3, -0.25) is 14.4 Å². The van der Waals surface area contributed by atoms with E-state index < -0.39 is 0 Å². The van der Waals surface area contributed by atoms with Gasteiger partial charge in [-0.2, -0.15) is 5.10 Å². The fourth-order valence-electron chi connectivity index (χ4n) is 3.96.